The number of fused-ring (bicyclic) bond motifs is 1. The normalized spacial score (nSPS) is 22.4. The molecule has 2 heterocycles. The molecule has 2 saturated heterocycles. The van der Waals surface area contributed by atoms with E-state index in [1.165, 1.54) is 0 Å². The van der Waals surface area contributed by atoms with E-state index in [1.54, 1.807) is 9.80 Å². The van der Waals surface area contributed by atoms with Crippen LogP contribution in [0.15, 0.2) is 103 Å². The van der Waals surface area contributed by atoms with Crippen molar-refractivity contribution < 1.29 is 14.3 Å². The molecule has 5 nitrogen and oxygen atoms in total. The molecular formula is C28H22N2O3. The fourth-order valence-electron chi connectivity index (χ4n) is 5.11. The summed E-state index contributed by atoms with van der Waals surface area (Å²) in [5, 5.41) is 2.18. The van der Waals surface area contributed by atoms with E-state index in [4.69, 9.17) is 4.74 Å². The molecule has 0 bridgehead atoms. The van der Waals surface area contributed by atoms with E-state index >= 15 is 0 Å². The Kier molecular flexibility index (Phi) is 4.61. The second kappa shape index (κ2) is 7.78. The third kappa shape index (κ3) is 3.08. The number of benzene rings is 4. The molecule has 2 amide bonds. The zero-order valence-electron chi connectivity index (χ0n) is 17.9. The highest BCUT2D eigenvalue weighted by Gasteiger charge is 2.57. The van der Waals surface area contributed by atoms with Gasteiger partial charge in [0.1, 0.15) is 12.6 Å². The number of β-lactam (4-membered cyclic amide) rings is 1. The minimum Gasteiger partial charge on any atom is -0.447 e. The Balaban J connectivity index is 1.49. The van der Waals surface area contributed by atoms with Gasteiger partial charge < -0.3 is 9.64 Å². The van der Waals surface area contributed by atoms with Gasteiger partial charge in [0, 0.05) is 5.69 Å². The zero-order valence-corrected chi connectivity index (χ0v) is 17.9. The van der Waals surface area contributed by atoms with Crippen molar-refractivity contribution in [2.75, 3.05) is 11.5 Å². The summed E-state index contributed by atoms with van der Waals surface area (Å²) in [4.78, 5) is 30.1. The van der Waals surface area contributed by atoms with Gasteiger partial charge in [-0.15, -0.1) is 0 Å². The Morgan fingerprint density at radius 3 is 2.15 bits per heavy atom. The Labute approximate surface area is 191 Å². The highest BCUT2D eigenvalue weighted by molar-refractivity contribution is 6.08. The van der Waals surface area contributed by atoms with E-state index in [0.717, 1.165) is 27.6 Å². The first kappa shape index (κ1) is 19.6. The van der Waals surface area contributed by atoms with Crippen LogP contribution in [-0.2, 0) is 9.53 Å². The van der Waals surface area contributed by atoms with E-state index in [-0.39, 0.29) is 24.6 Å². The van der Waals surface area contributed by atoms with Crippen LogP contribution in [0.2, 0.25) is 0 Å². The molecule has 3 atom stereocenters. The highest BCUT2D eigenvalue weighted by atomic mass is 16.6. The first-order chi connectivity index (χ1) is 16.2. The van der Waals surface area contributed by atoms with Crippen LogP contribution in [0.25, 0.3) is 10.8 Å². The molecule has 4 aromatic carbocycles. The Morgan fingerprint density at radius 2 is 1.36 bits per heavy atom. The molecule has 0 N–H and O–H groups in total. The summed E-state index contributed by atoms with van der Waals surface area (Å²) in [6.07, 6.45) is -0.444. The van der Waals surface area contributed by atoms with Gasteiger partial charge in [0.2, 0.25) is 0 Å². The van der Waals surface area contributed by atoms with Gasteiger partial charge in [0.25, 0.3) is 5.91 Å². The van der Waals surface area contributed by atoms with E-state index in [0.29, 0.717) is 0 Å². The summed E-state index contributed by atoms with van der Waals surface area (Å²) in [6.45, 7) is 0.236. The number of hydrogen-bond donors (Lipinski definition) is 0. The number of anilines is 1. The maximum absolute atomic E-state index is 13.7. The average Bonchev–Trinajstić information content (AvgIpc) is 3.24. The molecule has 6 rings (SSSR count). The maximum Gasteiger partial charge on any atom is 0.411 e. The SMILES string of the molecule is O=C1[C@H](N2C(=O)OC[C@H]2c2ccccc2)[C@H](c2cccc3ccccc23)N1c1ccccc1. The van der Waals surface area contributed by atoms with Crippen LogP contribution >= 0.6 is 0 Å². The molecule has 0 aliphatic carbocycles. The van der Waals surface area contributed by atoms with Gasteiger partial charge >= 0.3 is 6.09 Å². The van der Waals surface area contributed by atoms with Gasteiger partial charge in [-0.2, -0.15) is 0 Å². The summed E-state index contributed by atoms with van der Waals surface area (Å²) in [5.41, 5.74) is 2.81. The molecule has 2 aliphatic heterocycles. The summed E-state index contributed by atoms with van der Waals surface area (Å²) >= 11 is 0. The number of amides is 2. The number of carbonyl (C=O) groups is 2. The van der Waals surface area contributed by atoms with E-state index in [2.05, 4.69) is 24.3 Å². The molecule has 162 valence electrons. The van der Waals surface area contributed by atoms with E-state index in [9.17, 15) is 9.59 Å². The Bertz CT molecular complexity index is 1330. The lowest BCUT2D eigenvalue weighted by Gasteiger charge is -2.51. The smallest absolute Gasteiger partial charge is 0.411 e. The minimum atomic E-state index is -0.642. The predicted molar refractivity (Wildman–Crippen MR) is 127 cm³/mol. The lowest BCUT2D eigenvalue weighted by molar-refractivity contribution is -0.131. The molecular weight excluding hydrogens is 412 g/mol. The summed E-state index contributed by atoms with van der Waals surface area (Å²) in [7, 11) is 0. The third-order valence-electron chi connectivity index (χ3n) is 6.64. The second-order valence-corrected chi connectivity index (χ2v) is 8.41. The van der Waals surface area contributed by atoms with Crippen molar-refractivity contribution in [3.05, 3.63) is 114 Å². The third-order valence-corrected chi connectivity index (χ3v) is 6.64. The molecule has 0 aromatic heterocycles. The van der Waals surface area contributed by atoms with Crippen LogP contribution in [0, 0.1) is 0 Å². The number of para-hydroxylation sites is 1. The van der Waals surface area contributed by atoms with Gasteiger partial charge in [-0.3, -0.25) is 9.69 Å². The van der Waals surface area contributed by atoms with Crippen molar-refractivity contribution in [1.29, 1.82) is 0 Å². The number of ether oxygens (including phenoxy) is 1. The fourth-order valence-corrected chi connectivity index (χ4v) is 5.11. The summed E-state index contributed by atoms with van der Waals surface area (Å²) in [6, 6.07) is 32.5. The molecule has 0 radical (unpaired) electrons. The number of hydrogen-bond acceptors (Lipinski definition) is 3. The van der Waals surface area contributed by atoms with Crippen molar-refractivity contribution in [3.63, 3.8) is 0 Å². The number of nitrogens with zero attached hydrogens (tertiary/aromatic N) is 2. The number of rotatable bonds is 4. The molecule has 5 heteroatoms. The molecule has 0 spiro atoms. The van der Waals surface area contributed by atoms with E-state index < -0.39 is 12.1 Å². The van der Waals surface area contributed by atoms with Gasteiger partial charge in [-0.25, -0.2) is 4.79 Å². The maximum atomic E-state index is 13.7. The van der Waals surface area contributed by atoms with E-state index in [1.807, 2.05) is 78.9 Å². The second-order valence-electron chi connectivity index (χ2n) is 8.41. The van der Waals surface area contributed by atoms with Gasteiger partial charge in [-0.05, 0) is 34.0 Å². The van der Waals surface area contributed by atoms with Crippen LogP contribution < -0.4 is 4.90 Å². The quantitative estimate of drug-likeness (QED) is 0.399. The van der Waals surface area contributed by atoms with Crippen molar-refractivity contribution in [2.24, 2.45) is 0 Å². The Hall–Kier alpha value is -4.12. The highest BCUT2D eigenvalue weighted by Crippen LogP contribution is 2.47. The molecule has 2 fully saturated rings. The van der Waals surface area contributed by atoms with Gasteiger partial charge in [0.15, 0.2) is 0 Å². The fraction of sp³-hybridized carbons (Fsp3) is 0.143. The Morgan fingerprint density at radius 1 is 0.697 bits per heavy atom. The summed E-state index contributed by atoms with van der Waals surface area (Å²) in [5.74, 6) is -0.0982. The molecule has 4 aromatic rings. The number of cyclic esters (lactones) is 1. The van der Waals surface area contributed by atoms with Crippen LogP contribution in [0.5, 0.6) is 0 Å². The standard InChI is InChI=1S/C28H22N2O3/c31-27-26(30-24(18-33-28(30)32)20-11-3-1-4-12-20)25(29(27)21-14-5-2-6-15-21)23-17-9-13-19-10-7-8-16-22(19)23/h1-17,24-26H,18H2/t24-,25-,26+/m0/s1. The van der Waals surface area contributed by atoms with Crippen LogP contribution in [0.4, 0.5) is 10.5 Å². The molecule has 0 unspecified atom stereocenters. The molecule has 33 heavy (non-hydrogen) atoms. The summed E-state index contributed by atoms with van der Waals surface area (Å²) < 4.78 is 5.47. The zero-order chi connectivity index (χ0) is 22.4. The first-order valence-electron chi connectivity index (χ1n) is 11.1. The average molecular weight is 434 g/mol. The predicted octanol–water partition coefficient (Wildman–Crippen LogP) is 5.49. The topological polar surface area (TPSA) is 49.9 Å². The molecule has 2 aliphatic rings. The van der Waals surface area contributed by atoms with Crippen molar-refractivity contribution in [2.45, 2.75) is 18.1 Å². The minimum absolute atomic E-state index is 0.0982. The number of carbonyl (C=O) groups excluding carboxylic acids is 2. The van der Waals surface area contributed by atoms with Crippen LogP contribution in [0.3, 0.4) is 0 Å². The monoisotopic (exact) mass is 434 g/mol. The van der Waals surface area contributed by atoms with Crippen LogP contribution in [0.1, 0.15) is 23.2 Å². The lowest BCUT2D eigenvalue weighted by atomic mass is 9.83. The first-order valence-corrected chi connectivity index (χ1v) is 11.1. The largest absolute Gasteiger partial charge is 0.447 e. The van der Waals surface area contributed by atoms with Gasteiger partial charge in [0.05, 0.1) is 12.1 Å². The molecule has 0 saturated carbocycles. The van der Waals surface area contributed by atoms with Gasteiger partial charge in [-0.1, -0.05) is 91.0 Å². The van der Waals surface area contributed by atoms with Crippen molar-refractivity contribution in [3.8, 4) is 0 Å². The van der Waals surface area contributed by atoms with Crippen molar-refractivity contribution in [1.82, 2.24) is 4.90 Å². The van der Waals surface area contributed by atoms with Crippen molar-refractivity contribution >= 4 is 28.5 Å². The lowest BCUT2D eigenvalue weighted by Crippen LogP contribution is -2.66. The van der Waals surface area contributed by atoms with Crippen LogP contribution in [-0.4, -0.2) is 29.5 Å².